The SMILES string of the molecule is C[C@H]1[C@@H](C(=O)N(C=O)Cc2ccccc2)[C@H]2C=C[C@H]1C2=C1CCCC1. The summed E-state index contributed by atoms with van der Waals surface area (Å²) < 4.78 is 0. The quantitative estimate of drug-likeness (QED) is 0.613. The number of imide groups is 1. The number of carbonyl (C=O) groups is 2. The predicted molar refractivity (Wildman–Crippen MR) is 97.3 cm³/mol. The Balaban J connectivity index is 1.58. The highest BCUT2D eigenvalue weighted by molar-refractivity contribution is 5.89. The van der Waals surface area contributed by atoms with E-state index >= 15 is 0 Å². The molecule has 0 spiro atoms. The van der Waals surface area contributed by atoms with Crippen molar-refractivity contribution < 1.29 is 9.59 Å². The minimum absolute atomic E-state index is 0.0145. The Kier molecular flexibility index (Phi) is 4.32. The van der Waals surface area contributed by atoms with E-state index in [1.165, 1.54) is 36.2 Å². The third-order valence-electron chi connectivity index (χ3n) is 6.27. The molecule has 2 bridgehead atoms. The Hall–Kier alpha value is -2.16. The highest BCUT2D eigenvalue weighted by atomic mass is 16.2. The first-order valence-electron chi connectivity index (χ1n) is 9.40. The number of amides is 2. The molecule has 3 aliphatic rings. The molecule has 0 aromatic heterocycles. The van der Waals surface area contributed by atoms with Gasteiger partial charge in [-0.3, -0.25) is 14.5 Å². The lowest BCUT2D eigenvalue weighted by atomic mass is 9.83. The number of fused-ring (bicyclic) bond motifs is 2. The molecular formula is C22H25NO2. The van der Waals surface area contributed by atoms with Crippen molar-refractivity contribution in [3.05, 3.63) is 59.2 Å². The third kappa shape index (κ3) is 2.76. The van der Waals surface area contributed by atoms with Crippen molar-refractivity contribution in [1.82, 2.24) is 4.90 Å². The van der Waals surface area contributed by atoms with Crippen LogP contribution in [0.15, 0.2) is 53.6 Å². The average Bonchev–Trinajstić information content (AvgIpc) is 3.34. The molecule has 0 unspecified atom stereocenters. The van der Waals surface area contributed by atoms with Crippen LogP contribution >= 0.6 is 0 Å². The van der Waals surface area contributed by atoms with E-state index in [1.54, 1.807) is 5.57 Å². The molecule has 1 aromatic rings. The normalized spacial score (nSPS) is 30.1. The van der Waals surface area contributed by atoms with Gasteiger partial charge in [0.05, 0.1) is 12.5 Å². The van der Waals surface area contributed by atoms with Crippen LogP contribution in [0.5, 0.6) is 0 Å². The van der Waals surface area contributed by atoms with E-state index in [0.717, 1.165) is 5.56 Å². The zero-order chi connectivity index (χ0) is 17.4. The zero-order valence-corrected chi connectivity index (χ0v) is 14.7. The number of nitrogens with zero attached hydrogens (tertiary/aromatic N) is 1. The summed E-state index contributed by atoms with van der Waals surface area (Å²) in [4.78, 5) is 26.2. The van der Waals surface area contributed by atoms with Crippen LogP contribution < -0.4 is 0 Å². The summed E-state index contributed by atoms with van der Waals surface area (Å²) in [6.07, 6.45) is 10.2. The number of allylic oxidation sites excluding steroid dienone is 4. The standard InChI is InChI=1S/C22H25NO2/c1-15-18-11-12-19(21(18)17-9-5-6-10-17)20(15)22(25)23(14-24)13-16-7-3-2-4-8-16/h2-4,7-8,11-12,14-15,18-20H,5-6,9-10,13H2,1H3/t15-,18-,19-,20-/m1/s1. The van der Waals surface area contributed by atoms with E-state index in [9.17, 15) is 9.59 Å². The molecule has 2 amide bonds. The van der Waals surface area contributed by atoms with Crippen LogP contribution in [0.3, 0.4) is 0 Å². The predicted octanol–water partition coefficient (Wildman–Crippen LogP) is 4.11. The van der Waals surface area contributed by atoms with Gasteiger partial charge >= 0.3 is 0 Å². The highest BCUT2D eigenvalue weighted by Crippen LogP contribution is 2.55. The van der Waals surface area contributed by atoms with Gasteiger partial charge in [-0.15, -0.1) is 0 Å². The molecule has 25 heavy (non-hydrogen) atoms. The lowest BCUT2D eigenvalue weighted by molar-refractivity contribution is -0.143. The highest BCUT2D eigenvalue weighted by Gasteiger charge is 2.51. The van der Waals surface area contributed by atoms with Crippen molar-refractivity contribution in [1.29, 1.82) is 0 Å². The zero-order valence-electron chi connectivity index (χ0n) is 14.7. The van der Waals surface area contributed by atoms with E-state index in [-0.39, 0.29) is 23.7 Å². The van der Waals surface area contributed by atoms with Crippen molar-refractivity contribution in [2.24, 2.45) is 23.7 Å². The molecule has 0 aliphatic heterocycles. The number of benzene rings is 1. The molecule has 0 saturated heterocycles. The minimum atomic E-state index is -0.0907. The molecule has 4 rings (SSSR count). The first-order chi connectivity index (χ1) is 12.2. The van der Waals surface area contributed by atoms with Gasteiger partial charge in [0.25, 0.3) is 0 Å². The van der Waals surface area contributed by atoms with E-state index in [4.69, 9.17) is 0 Å². The second-order valence-electron chi connectivity index (χ2n) is 7.64. The van der Waals surface area contributed by atoms with Crippen molar-refractivity contribution >= 4 is 12.3 Å². The maximum Gasteiger partial charge on any atom is 0.233 e. The summed E-state index contributed by atoms with van der Waals surface area (Å²) in [5, 5.41) is 0. The molecule has 0 N–H and O–H groups in total. The monoisotopic (exact) mass is 335 g/mol. The Morgan fingerprint density at radius 1 is 1.12 bits per heavy atom. The van der Waals surface area contributed by atoms with E-state index in [1.807, 2.05) is 30.3 Å². The van der Waals surface area contributed by atoms with Crippen molar-refractivity contribution in [3.8, 4) is 0 Å². The molecule has 4 atom stereocenters. The van der Waals surface area contributed by atoms with Gasteiger partial charge in [0.1, 0.15) is 0 Å². The van der Waals surface area contributed by atoms with Crippen molar-refractivity contribution in [2.75, 3.05) is 0 Å². The van der Waals surface area contributed by atoms with Crippen LogP contribution in [-0.2, 0) is 16.1 Å². The summed E-state index contributed by atoms with van der Waals surface area (Å²) in [5.41, 5.74) is 4.08. The number of hydrogen-bond acceptors (Lipinski definition) is 2. The fourth-order valence-corrected chi connectivity index (χ4v) is 5.07. The largest absolute Gasteiger partial charge is 0.280 e. The molecule has 1 aromatic carbocycles. The summed E-state index contributed by atoms with van der Waals surface area (Å²) in [6, 6.07) is 9.74. The van der Waals surface area contributed by atoms with Crippen molar-refractivity contribution in [3.63, 3.8) is 0 Å². The minimum Gasteiger partial charge on any atom is -0.280 e. The topological polar surface area (TPSA) is 37.4 Å². The lowest BCUT2D eigenvalue weighted by Crippen LogP contribution is -2.39. The summed E-state index contributed by atoms with van der Waals surface area (Å²) >= 11 is 0. The van der Waals surface area contributed by atoms with Gasteiger partial charge in [-0.25, -0.2) is 0 Å². The van der Waals surface area contributed by atoms with Crippen LogP contribution in [0.2, 0.25) is 0 Å². The lowest BCUT2D eigenvalue weighted by Gasteiger charge is -2.27. The molecule has 0 radical (unpaired) electrons. The van der Waals surface area contributed by atoms with Gasteiger partial charge in [0, 0.05) is 11.8 Å². The maximum absolute atomic E-state index is 13.2. The van der Waals surface area contributed by atoms with Gasteiger partial charge in [-0.05, 0) is 37.2 Å². The van der Waals surface area contributed by atoms with E-state index in [0.29, 0.717) is 18.9 Å². The second kappa shape index (κ2) is 6.62. The van der Waals surface area contributed by atoms with Gasteiger partial charge in [0.15, 0.2) is 0 Å². The van der Waals surface area contributed by atoms with Crippen LogP contribution in [0, 0.1) is 23.7 Å². The Morgan fingerprint density at radius 3 is 2.48 bits per heavy atom. The van der Waals surface area contributed by atoms with Gasteiger partial charge < -0.3 is 0 Å². The second-order valence-corrected chi connectivity index (χ2v) is 7.64. The van der Waals surface area contributed by atoms with Crippen LogP contribution in [-0.4, -0.2) is 17.2 Å². The number of rotatable bonds is 4. The van der Waals surface area contributed by atoms with Gasteiger partial charge in [0.2, 0.25) is 12.3 Å². The first kappa shape index (κ1) is 16.3. The summed E-state index contributed by atoms with van der Waals surface area (Å²) in [5.74, 6) is 0.784. The Labute approximate surface area is 149 Å². The fraction of sp³-hybridized carbons (Fsp3) is 0.455. The first-order valence-corrected chi connectivity index (χ1v) is 9.40. The van der Waals surface area contributed by atoms with Crippen molar-refractivity contribution in [2.45, 2.75) is 39.2 Å². The molecule has 3 nitrogen and oxygen atoms in total. The molecule has 0 heterocycles. The molecule has 2 saturated carbocycles. The summed E-state index contributed by atoms with van der Waals surface area (Å²) in [6.45, 7) is 2.54. The van der Waals surface area contributed by atoms with Crippen LogP contribution in [0.25, 0.3) is 0 Å². The van der Waals surface area contributed by atoms with Crippen LogP contribution in [0.4, 0.5) is 0 Å². The molecule has 3 aliphatic carbocycles. The molecular weight excluding hydrogens is 310 g/mol. The number of hydrogen-bond donors (Lipinski definition) is 0. The Bertz CT molecular complexity index is 726. The molecule has 2 fully saturated rings. The van der Waals surface area contributed by atoms with E-state index < -0.39 is 0 Å². The van der Waals surface area contributed by atoms with Crippen LogP contribution in [0.1, 0.15) is 38.2 Å². The smallest absolute Gasteiger partial charge is 0.233 e. The van der Waals surface area contributed by atoms with Gasteiger partial charge in [-0.1, -0.05) is 60.6 Å². The van der Waals surface area contributed by atoms with Gasteiger partial charge in [-0.2, -0.15) is 0 Å². The average molecular weight is 335 g/mol. The molecule has 130 valence electrons. The fourth-order valence-electron chi connectivity index (χ4n) is 5.07. The van der Waals surface area contributed by atoms with E-state index in [2.05, 4.69) is 19.1 Å². The molecule has 3 heteroatoms. The maximum atomic E-state index is 13.2. The third-order valence-corrected chi connectivity index (χ3v) is 6.27. The number of carbonyl (C=O) groups excluding carboxylic acids is 2. The Morgan fingerprint density at radius 2 is 1.80 bits per heavy atom. The summed E-state index contributed by atoms with van der Waals surface area (Å²) in [7, 11) is 0.